The van der Waals surface area contributed by atoms with Crippen molar-refractivity contribution in [3.05, 3.63) is 87.9 Å². The average molecular weight is 586 g/mol. The Hall–Kier alpha value is -4.10. The van der Waals surface area contributed by atoms with E-state index in [0.29, 0.717) is 39.0 Å². The number of fused-ring (bicyclic) bond motifs is 5. The van der Waals surface area contributed by atoms with Crippen LogP contribution in [0.25, 0.3) is 6.08 Å². The molecule has 0 N–H and O–H groups in total. The highest BCUT2D eigenvalue weighted by atomic mass is 35.5. The highest BCUT2D eigenvalue weighted by Gasteiger charge is 2.72. The number of anilines is 1. The Morgan fingerprint density at radius 3 is 2.10 bits per heavy atom. The molecule has 0 saturated carbocycles. The molecule has 1 spiro atoms. The zero-order valence-corrected chi connectivity index (χ0v) is 25.1. The molecule has 0 unspecified atom stereocenters. The number of carbonyl (C=O) groups is 3. The van der Waals surface area contributed by atoms with Crippen LogP contribution in [0, 0.1) is 10.8 Å². The minimum absolute atomic E-state index is 0.112. The van der Waals surface area contributed by atoms with Gasteiger partial charge in [0, 0.05) is 38.7 Å². The number of carbonyl (C=O) groups excluding carboxylic acids is 3. The number of rotatable bonds is 5. The van der Waals surface area contributed by atoms with Gasteiger partial charge in [0.1, 0.15) is 5.41 Å². The molecule has 2 heterocycles. The van der Waals surface area contributed by atoms with E-state index < -0.39 is 28.8 Å². The van der Waals surface area contributed by atoms with Crippen molar-refractivity contribution in [2.75, 3.05) is 26.2 Å². The molecule has 216 valence electrons. The van der Waals surface area contributed by atoms with E-state index in [0.717, 1.165) is 11.3 Å². The molecular formula is C34H32ClNO6. The lowest BCUT2D eigenvalue weighted by molar-refractivity contribution is -0.127. The quantitative estimate of drug-likeness (QED) is 0.320. The van der Waals surface area contributed by atoms with Gasteiger partial charge >= 0.3 is 0 Å². The van der Waals surface area contributed by atoms with Crippen molar-refractivity contribution in [1.29, 1.82) is 0 Å². The fraction of sp³-hybridized carbons (Fsp3) is 0.324. The van der Waals surface area contributed by atoms with Crippen molar-refractivity contribution < 1.29 is 28.6 Å². The van der Waals surface area contributed by atoms with E-state index in [2.05, 4.69) is 0 Å². The topological polar surface area (TPSA) is 82.1 Å². The Bertz CT molecular complexity index is 1650. The number of Topliss-reactive ketones (excluding diaryl/α,β-unsaturated/α-hetero) is 3. The first-order valence-electron chi connectivity index (χ1n) is 13.8. The van der Waals surface area contributed by atoms with Crippen molar-refractivity contribution in [3.8, 4) is 17.2 Å². The molecule has 8 heteroatoms. The number of benzene rings is 3. The maximum atomic E-state index is 14.8. The maximum absolute atomic E-state index is 14.8. The molecule has 6 rings (SSSR count). The van der Waals surface area contributed by atoms with Crippen LogP contribution in [-0.4, -0.2) is 50.8 Å². The van der Waals surface area contributed by atoms with E-state index in [9.17, 15) is 14.4 Å². The third kappa shape index (κ3) is 3.62. The fourth-order valence-electron chi connectivity index (χ4n) is 7.10. The molecule has 1 saturated heterocycles. The van der Waals surface area contributed by atoms with Crippen LogP contribution in [0.4, 0.5) is 5.69 Å². The lowest BCUT2D eigenvalue weighted by atomic mass is 9.63. The summed E-state index contributed by atoms with van der Waals surface area (Å²) in [6, 6.07) is 14.2. The Morgan fingerprint density at radius 1 is 0.881 bits per heavy atom. The van der Waals surface area contributed by atoms with Gasteiger partial charge in [-0.1, -0.05) is 74.9 Å². The highest BCUT2D eigenvalue weighted by molar-refractivity contribution is 6.32. The predicted molar refractivity (Wildman–Crippen MR) is 161 cm³/mol. The van der Waals surface area contributed by atoms with Crippen LogP contribution in [0.15, 0.2) is 60.7 Å². The monoisotopic (exact) mass is 585 g/mol. The summed E-state index contributed by atoms with van der Waals surface area (Å²) >= 11 is 6.38. The van der Waals surface area contributed by atoms with Gasteiger partial charge in [-0.25, -0.2) is 0 Å². The highest BCUT2D eigenvalue weighted by Crippen LogP contribution is 2.63. The summed E-state index contributed by atoms with van der Waals surface area (Å²) in [5, 5.41) is 0.544. The van der Waals surface area contributed by atoms with E-state index in [-0.39, 0.29) is 17.3 Å². The molecule has 3 aliphatic rings. The number of ether oxygens (including phenoxy) is 3. The number of halogens is 1. The van der Waals surface area contributed by atoms with E-state index in [1.165, 1.54) is 21.3 Å². The van der Waals surface area contributed by atoms with Gasteiger partial charge in [0.15, 0.2) is 28.8 Å². The van der Waals surface area contributed by atoms with Crippen molar-refractivity contribution in [3.63, 3.8) is 0 Å². The van der Waals surface area contributed by atoms with Crippen molar-refractivity contribution in [2.24, 2.45) is 10.8 Å². The minimum atomic E-state index is -1.66. The number of hydrogen-bond donors (Lipinski definition) is 0. The number of ketones is 3. The maximum Gasteiger partial charge on any atom is 0.203 e. The Labute approximate surface area is 250 Å². The van der Waals surface area contributed by atoms with Crippen LogP contribution in [0.5, 0.6) is 17.2 Å². The van der Waals surface area contributed by atoms with E-state index in [1.807, 2.05) is 50.0 Å². The van der Waals surface area contributed by atoms with Crippen LogP contribution in [0.1, 0.15) is 58.5 Å². The minimum Gasteiger partial charge on any atom is -0.493 e. The third-order valence-corrected chi connectivity index (χ3v) is 9.08. The lowest BCUT2D eigenvalue weighted by Gasteiger charge is -2.38. The smallest absolute Gasteiger partial charge is 0.203 e. The van der Waals surface area contributed by atoms with Crippen LogP contribution < -0.4 is 19.1 Å². The summed E-state index contributed by atoms with van der Waals surface area (Å²) in [6.07, 6.45) is 3.76. The van der Waals surface area contributed by atoms with Gasteiger partial charge in [-0.15, -0.1) is 0 Å². The summed E-state index contributed by atoms with van der Waals surface area (Å²) < 4.78 is 17.2. The molecule has 0 radical (unpaired) electrons. The second kappa shape index (κ2) is 9.73. The van der Waals surface area contributed by atoms with Crippen LogP contribution in [-0.2, 0) is 4.79 Å². The molecule has 42 heavy (non-hydrogen) atoms. The predicted octanol–water partition coefficient (Wildman–Crippen LogP) is 6.41. The molecule has 0 aromatic heterocycles. The zero-order valence-electron chi connectivity index (χ0n) is 24.4. The Balaban J connectivity index is 1.75. The van der Waals surface area contributed by atoms with Gasteiger partial charge < -0.3 is 19.1 Å². The lowest BCUT2D eigenvalue weighted by Crippen LogP contribution is -2.49. The number of methoxy groups -OCH3 is 3. The molecule has 0 bridgehead atoms. The van der Waals surface area contributed by atoms with Crippen molar-refractivity contribution in [2.45, 2.75) is 38.8 Å². The molecule has 2 aliphatic heterocycles. The van der Waals surface area contributed by atoms with Crippen LogP contribution in [0.2, 0.25) is 5.02 Å². The second-order valence-corrected chi connectivity index (χ2v) is 12.4. The van der Waals surface area contributed by atoms with Gasteiger partial charge in [0.2, 0.25) is 5.75 Å². The first-order valence-corrected chi connectivity index (χ1v) is 14.2. The molecule has 1 fully saturated rings. The molecule has 7 nitrogen and oxygen atoms in total. The number of nitrogens with zero attached hydrogens (tertiary/aromatic N) is 1. The van der Waals surface area contributed by atoms with Crippen LogP contribution in [0.3, 0.4) is 0 Å². The Morgan fingerprint density at radius 2 is 1.52 bits per heavy atom. The number of hydrogen-bond acceptors (Lipinski definition) is 7. The van der Waals surface area contributed by atoms with Gasteiger partial charge in [-0.3, -0.25) is 14.4 Å². The molecule has 0 amide bonds. The van der Waals surface area contributed by atoms with E-state index in [1.54, 1.807) is 42.5 Å². The first kappa shape index (κ1) is 28.0. The first-order chi connectivity index (χ1) is 20.0. The summed E-state index contributed by atoms with van der Waals surface area (Å²) in [5.74, 6) is -0.616. The standard InChI is InChI=1S/C34H32ClNO6/c1-33(2,3)32(39)27-26(22-13-15-24(40-4)29(42-6)28(22)41-5)34(30(37)20-9-7-8-10-21(20)31(34)38)25-16-11-18-17-19(35)12-14-23(18)36(25)27/h7-17,25-27H,1-6H3/t25-,26-,27-/m1/s1. The van der Waals surface area contributed by atoms with Gasteiger partial charge in [-0.2, -0.15) is 0 Å². The third-order valence-electron chi connectivity index (χ3n) is 8.84. The normalized spacial score (nSPS) is 21.7. The van der Waals surface area contributed by atoms with Crippen LogP contribution >= 0.6 is 11.6 Å². The van der Waals surface area contributed by atoms with E-state index >= 15 is 0 Å². The molecule has 3 aromatic rings. The summed E-state index contributed by atoms with van der Waals surface area (Å²) in [4.78, 5) is 46.3. The largest absolute Gasteiger partial charge is 0.493 e. The fourth-order valence-corrected chi connectivity index (χ4v) is 7.28. The summed E-state index contributed by atoms with van der Waals surface area (Å²) in [7, 11) is 4.52. The van der Waals surface area contributed by atoms with Crippen molar-refractivity contribution in [1.82, 2.24) is 0 Å². The van der Waals surface area contributed by atoms with E-state index in [4.69, 9.17) is 25.8 Å². The van der Waals surface area contributed by atoms with Gasteiger partial charge in [-0.05, 0) is 29.8 Å². The zero-order chi connectivity index (χ0) is 30.1. The SMILES string of the molecule is COc1ccc([C@@H]2[C@H](C(=O)C(C)(C)C)N3c4ccc(Cl)cc4C=C[C@@H]3C23C(=O)c2ccccc2C3=O)c(OC)c1OC. The average Bonchev–Trinajstić information content (AvgIpc) is 3.40. The summed E-state index contributed by atoms with van der Waals surface area (Å²) in [5.41, 5.74) is 0.287. The van der Waals surface area contributed by atoms with Gasteiger partial charge in [0.25, 0.3) is 0 Å². The molecule has 3 aromatic carbocycles. The molecule has 1 aliphatic carbocycles. The molecular weight excluding hydrogens is 554 g/mol. The molecule has 3 atom stereocenters. The Kier molecular flexibility index (Phi) is 6.50. The summed E-state index contributed by atoms with van der Waals surface area (Å²) in [6.45, 7) is 5.56. The van der Waals surface area contributed by atoms with Gasteiger partial charge in [0.05, 0.1) is 33.4 Å². The second-order valence-electron chi connectivity index (χ2n) is 11.9. The van der Waals surface area contributed by atoms with Crippen molar-refractivity contribution >= 4 is 40.7 Å².